The molecule has 0 bridgehead atoms. The van der Waals surface area contributed by atoms with Crippen LogP contribution in [0.2, 0.25) is 0 Å². The fourth-order valence-corrected chi connectivity index (χ4v) is 3.55. The maximum Gasteiger partial charge on any atom is 0.225 e. The molecular weight excluding hydrogens is 198 g/mol. The van der Waals surface area contributed by atoms with Gasteiger partial charge in [0.15, 0.2) is 0 Å². The Morgan fingerprint density at radius 1 is 1.19 bits per heavy atom. The van der Waals surface area contributed by atoms with Crippen LogP contribution >= 0.6 is 0 Å². The summed E-state index contributed by atoms with van der Waals surface area (Å²) in [5, 5.41) is 0. The average Bonchev–Trinajstić information content (AvgIpc) is 2.74. The zero-order chi connectivity index (χ0) is 11.9. The van der Waals surface area contributed by atoms with E-state index in [2.05, 4.69) is 18.7 Å². The molecule has 3 atom stereocenters. The quantitative estimate of drug-likeness (QED) is 0.704. The van der Waals surface area contributed by atoms with Crippen LogP contribution in [0.3, 0.4) is 0 Å². The van der Waals surface area contributed by atoms with Crippen molar-refractivity contribution >= 4 is 5.91 Å². The Balaban J connectivity index is 2.19. The number of fused-ring (bicyclic) bond motifs is 1. The number of hydrogen-bond acceptors (Lipinski definition) is 1. The first-order valence-corrected chi connectivity index (χ1v) is 6.84. The smallest absolute Gasteiger partial charge is 0.225 e. The van der Waals surface area contributed by atoms with Gasteiger partial charge in [-0.25, -0.2) is 0 Å². The average molecular weight is 223 g/mol. The molecule has 2 nitrogen and oxygen atoms in total. The summed E-state index contributed by atoms with van der Waals surface area (Å²) in [4.78, 5) is 14.6. The van der Waals surface area contributed by atoms with Crippen molar-refractivity contribution in [1.82, 2.24) is 4.90 Å². The molecule has 0 aromatic rings. The van der Waals surface area contributed by atoms with E-state index >= 15 is 0 Å². The molecule has 92 valence electrons. The van der Waals surface area contributed by atoms with Crippen LogP contribution in [-0.2, 0) is 4.79 Å². The monoisotopic (exact) mass is 223 g/mol. The predicted octanol–water partition coefficient (Wildman–Crippen LogP) is 3.07. The zero-order valence-electron chi connectivity index (χ0n) is 11.1. The number of hydrogen-bond donors (Lipinski definition) is 0. The van der Waals surface area contributed by atoms with Gasteiger partial charge >= 0.3 is 0 Å². The number of rotatable bonds is 2. The molecule has 0 aromatic heterocycles. The summed E-state index contributed by atoms with van der Waals surface area (Å²) in [6.45, 7) is 8.57. The van der Waals surface area contributed by atoms with Crippen LogP contribution in [0.15, 0.2) is 0 Å². The molecule has 1 amide bonds. The Morgan fingerprint density at radius 3 is 2.44 bits per heavy atom. The van der Waals surface area contributed by atoms with Crippen LogP contribution in [0, 0.1) is 17.8 Å². The van der Waals surface area contributed by atoms with Crippen LogP contribution in [0.1, 0.15) is 53.4 Å². The maximum absolute atomic E-state index is 12.3. The van der Waals surface area contributed by atoms with Crippen LogP contribution in [-0.4, -0.2) is 22.9 Å². The molecule has 1 saturated heterocycles. The topological polar surface area (TPSA) is 20.3 Å². The normalized spacial score (nSPS) is 33.9. The third-order valence-electron chi connectivity index (χ3n) is 4.40. The molecule has 2 rings (SSSR count). The Kier molecular flexibility index (Phi) is 3.27. The third kappa shape index (κ3) is 1.87. The van der Waals surface area contributed by atoms with Crippen molar-refractivity contribution in [3.63, 3.8) is 0 Å². The molecule has 16 heavy (non-hydrogen) atoms. The lowest BCUT2D eigenvalue weighted by atomic mass is 9.96. The standard InChI is InChI=1S/C14H25NO/c1-9(2)13-8-11-6-5-7-12(11)15(13)14(16)10(3)4/h9-13H,5-8H2,1-4H3. The van der Waals surface area contributed by atoms with E-state index in [1.54, 1.807) is 0 Å². The molecule has 1 aliphatic heterocycles. The third-order valence-corrected chi connectivity index (χ3v) is 4.40. The first-order valence-electron chi connectivity index (χ1n) is 6.84. The highest BCUT2D eigenvalue weighted by molar-refractivity contribution is 5.79. The van der Waals surface area contributed by atoms with Crippen molar-refractivity contribution in [2.75, 3.05) is 0 Å². The Hall–Kier alpha value is -0.530. The molecule has 1 saturated carbocycles. The van der Waals surface area contributed by atoms with Gasteiger partial charge in [-0.15, -0.1) is 0 Å². The first kappa shape index (κ1) is 11.9. The van der Waals surface area contributed by atoms with E-state index in [1.807, 2.05) is 13.8 Å². The summed E-state index contributed by atoms with van der Waals surface area (Å²) in [7, 11) is 0. The molecular formula is C14H25NO. The maximum atomic E-state index is 12.3. The Morgan fingerprint density at radius 2 is 1.88 bits per heavy atom. The summed E-state index contributed by atoms with van der Waals surface area (Å²) in [5.74, 6) is 1.94. The second-order valence-corrected chi connectivity index (χ2v) is 6.21. The molecule has 0 aromatic carbocycles. The number of carbonyl (C=O) groups excluding carboxylic acids is 1. The highest BCUT2D eigenvalue weighted by Crippen LogP contribution is 2.43. The van der Waals surface area contributed by atoms with Crippen molar-refractivity contribution in [3.05, 3.63) is 0 Å². The lowest BCUT2D eigenvalue weighted by Crippen LogP contribution is -2.45. The van der Waals surface area contributed by atoms with Crippen LogP contribution in [0.4, 0.5) is 0 Å². The second kappa shape index (κ2) is 4.38. The van der Waals surface area contributed by atoms with Gasteiger partial charge in [-0.1, -0.05) is 34.1 Å². The van der Waals surface area contributed by atoms with Gasteiger partial charge in [0.2, 0.25) is 5.91 Å². The minimum Gasteiger partial charge on any atom is -0.336 e. The van der Waals surface area contributed by atoms with Crippen molar-refractivity contribution in [3.8, 4) is 0 Å². The summed E-state index contributed by atoms with van der Waals surface area (Å²) in [6.07, 6.45) is 5.16. The van der Waals surface area contributed by atoms with Gasteiger partial charge in [0.25, 0.3) is 0 Å². The summed E-state index contributed by atoms with van der Waals surface area (Å²) in [6, 6.07) is 1.08. The number of amides is 1. The lowest BCUT2D eigenvalue weighted by molar-refractivity contribution is -0.138. The number of likely N-dealkylation sites (tertiary alicyclic amines) is 1. The van der Waals surface area contributed by atoms with E-state index < -0.39 is 0 Å². The minimum atomic E-state index is 0.153. The van der Waals surface area contributed by atoms with Crippen molar-refractivity contribution in [1.29, 1.82) is 0 Å². The van der Waals surface area contributed by atoms with E-state index in [0.29, 0.717) is 23.9 Å². The van der Waals surface area contributed by atoms with Gasteiger partial charge in [0.1, 0.15) is 0 Å². The van der Waals surface area contributed by atoms with Gasteiger partial charge < -0.3 is 4.90 Å². The molecule has 0 radical (unpaired) electrons. The lowest BCUT2D eigenvalue weighted by Gasteiger charge is -2.33. The van der Waals surface area contributed by atoms with Gasteiger partial charge in [0, 0.05) is 18.0 Å². The minimum absolute atomic E-state index is 0.153. The Bertz CT molecular complexity index is 272. The van der Waals surface area contributed by atoms with E-state index in [9.17, 15) is 4.79 Å². The highest BCUT2D eigenvalue weighted by Gasteiger charge is 2.46. The summed E-state index contributed by atoms with van der Waals surface area (Å²) < 4.78 is 0. The summed E-state index contributed by atoms with van der Waals surface area (Å²) in [5.41, 5.74) is 0. The van der Waals surface area contributed by atoms with E-state index in [4.69, 9.17) is 0 Å². The van der Waals surface area contributed by atoms with Crippen LogP contribution in [0.25, 0.3) is 0 Å². The summed E-state index contributed by atoms with van der Waals surface area (Å²) >= 11 is 0. The number of carbonyl (C=O) groups is 1. The largest absolute Gasteiger partial charge is 0.336 e. The number of nitrogens with zero attached hydrogens (tertiary/aromatic N) is 1. The molecule has 2 heteroatoms. The molecule has 2 fully saturated rings. The first-order chi connectivity index (χ1) is 7.52. The molecule has 0 spiro atoms. The van der Waals surface area contributed by atoms with Crippen molar-refractivity contribution < 1.29 is 4.79 Å². The molecule has 2 aliphatic rings. The van der Waals surface area contributed by atoms with Gasteiger partial charge in [-0.2, -0.15) is 0 Å². The molecule has 3 unspecified atom stereocenters. The second-order valence-electron chi connectivity index (χ2n) is 6.21. The van der Waals surface area contributed by atoms with E-state index in [1.165, 1.54) is 25.7 Å². The zero-order valence-corrected chi connectivity index (χ0v) is 11.1. The fraction of sp³-hybridized carbons (Fsp3) is 0.929. The molecule has 1 heterocycles. The molecule has 0 N–H and O–H groups in total. The SMILES string of the molecule is CC(C)C(=O)N1C(C(C)C)CC2CCCC21. The van der Waals surface area contributed by atoms with Crippen LogP contribution in [0.5, 0.6) is 0 Å². The predicted molar refractivity (Wildman–Crippen MR) is 66.1 cm³/mol. The van der Waals surface area contributed by atoms with Crippen LogP contribution < -0.4 is 0 Å². The molecule has 1 aliphatic carbocycles. The fourth-order valence-electron chi connectivity index (χ4n) is 3.55. The van der Waals surface area contributed by atoms with Gasteiger partial charge in [-0.3, -0.25) is 4.79 Å². The van der Waals surface area contributed by atoms with Gasteiger partial charge in [-0.05, 0) is 31.1 Å². The van der Waals surface area contributed by atoms with E-state index in [-0.39, 0.29) is 5.92 Å². The van der Waals surface area contributed by atoms with Crippen molar-refractivity contribution in [2.24, 2.45) is 17.8 Å². The van der Waals surface area contributed by atoms with E-state index in [0.717, 1.165) is 5.92 Å². The highest BCUT2D eigenvalue weighted by atomic mass is 16.2. The Labute approximate surface area is 99.4 Å². The van der Waals surface area contributed by atoms with Gasteiger partial charge in [0.05, 0.1) is 0 Å². The van der Waals surface area contributed by atoms with Crippen molar-refractivity contribution in [2.45, 2.75) is 65.5 Å².